The van der Waals surface area contributed by atoms with Gasteiger partial charge in [-0.1, -0.05) is 20.8 Å². The van der Waals surface area contributed by atoms with Crippen LogP contribution in [-0.4, -0.2) is 20.0 Å². The first-order valence-electron chi connectivity index (χ1n) is 6.11. The van der Waals surface area contributed by atoms with Crippen molar-refractivity contribution >= 4 is 28.4 Å². The summed E-state index contributed by atoms with van der Waals surface area (Å²) in [4.78, 5) is 0. The van der Waals surface area contributed by atoms with E-state index in [1.165, 1.54) is 0 Å². The molecule has 0 bridgehead atoms. The molecule has 2 heterocycles. The predicted octanol–water partition coefficient (Wildman–Crippen LogP) is 2.75. The number of hydrogen-bond donors (Lipinski definition) is 1. The highest BCUT2D eigenvalue weighted by molar-refractivity contribution is 14.1. The van der Waals surface area contributed by atoms with Crippen molar-refractivity contribution in [2.45, 2.75) is 34.1 Å². The molecule has 0 radical (unpaired) electrons. The van der Waals surface area contributed by atoms with E-state index in [1.54, 1.807) is 4.68 Å². The van der Waals surface area contributed by atoms with Gasteiger partial charge in [-0.15, -0.1) is 5.10 Å². The topological polar surface area (TPSA) is 69.6 Å². The lowest BCUT2D eigenvalue weighted by Gasteiger charge is -2.16. The van der Waals surface area contributed by atoms with Crippen LogP contribution in [0.15, 0.2) is 12.1 Å². The second-order valence-corrected chi connectivity index (χ2v) is 6.91. The molecule has 0 fully saturated rings. The van der Waals surface area contributed by atoms with E-state index in [0.717, 1.165) is 21.4 Å². The Balaban J connectivity index is 2.43. The summed E-state index contributed by atoms with van der Waals surface area (Å²) in [6.07, 6.45) is 0.877. The van der Waals surface area contributed by atoms with Crippen LogP contribution in [0.4, 0.5) is 5.82 Å². The van der Waals surface area contributed by atoms with Crippen molar-refractivity contribution in [1.29, 1.82) is 0 Å². The van der Waals surface area contributed by atoms with Crippen LogP contribution in [0.1, 0.15) is 32.2 Å². The van der Waals surface area contributed by atoms with Gasteiger partial charge in [0.05, 0.1) is 15.0 Å². The predicted molar refractivity (Wildman–Crippen MR) is 84.2 cm³/mol. The van der Waals surface area contributed by atoms with E-state index in [1.807, 2.05) is 19.1 Å². The van der Waals surface area contributed by atoms with Crippen LogP contribution < -0.4 is 5.73 Å². The summed E-state index contributed by atoms with van der Waals surface area (Å²) in [6.45, 7) is 8.45. The Bertz CT molecular complexity index is 580. The molecule has 0 aromatic carbocycles. The number of aromatic nitrogens is 4. The monoisotopic (exact) mass is 371 g/mol. The van der Waals surface area contributed by atoms with Gasteiger partial charge in [0.1, 0.15) is 5.82 Å². The van der Waals surface area contributed by atoms with Crippen molar-refractivity contribution in [2.24, 2.45) is 5.41 Å². The Morgan fingerprint density at radius 2 is 1.95 bits per heavy atom. The molecule has 102 valence electrons. The van der Waals surface area contributed by atoms with Crippen LogP contribution in [0.2, 0.25) is 0 Å². The summed E-state index contributed by atoms with van der Waals surface area (Å²) in [5.41, 5.74) is 8.17. The number of nitrogens with two attached hydrogens (primary N) is 1. The lowest BCUT2D eigenvalue weighted by Crippen LogP contribution is -2.11. The molecule has 0 amide bonds. The van der Waals surface area contributed by atoms with Gasteiger partial charge in [-0.05, 0) is 53.5 Å². The first-order chi connectivity index (χ1) is 8.78. The molecule has 6 heteroatoms. The average Bonchev–Trinajstić information content (AvgIpc) is 2.57. The third-order valence-corrected chi connectivity index (χ3v) is 3.80. The largest absolute Gasteiger partial charge is 0.383 e. The summed E-state index contributed by atoms with van der Waals surface area (Å²) in [7, 11) is 0. The minimum atomic E-state index is 0.171. The van der Waals surface area contributed by atoms with Crippen molar-refractivity contribution in [3.8, 4) is 5.82 Å². The Morgan fingerprint density at radius 3 is 2.47 bits per heavy atom. The summed E-state index contributed by atoms with van der Waals surface area (Å²) >= 11 is 2.24. The zero-order chi connectivity index (χ0) is 14.2. The normalized spacial score (nSPS) is 11.8. The number of nitrogen functional groups attached to an aromatic ring is 1. The molecule has 2 aromatic heterocycles. The van der Waals surface area contributed by atoms with Gasteiger partial charge in [0.25, 0.3) is 0 Å². The molecule has 0 aliphatic rings. The van der Waals surface area contributed by atoms with Crippen molar-refractivity contribution in [3.63, 3.8) is 0 Å². The second-order valence-electron chi connectivity index (χ2n) is 5.83. The SMILES string of the molecule is Cc1ccc(-n2nc(CC(C)(C)C)c(I)c2N)nn1. The lowest BCUT2D eigenvalue weighted by atomic mass is 9.91. The van der Waals surface area contributed by atoms with E-state index in [0.29, 0.717) is 11.6 Å². The lowest BCUT2D eigenvalue weighted by molar-refractivity contribution is 0.404. The van der Waals surface area contributed by atoms with E-state index in [4.69, 9.17) is 5.73 Å². The Kier molecular flexibility index (Phi) is 3.80. The third kappa shape index (κ3) is 3.23. The maximum Gasteiger partial charge on any atom is 0.178 e. The fraction of sp³-hybridized carbons (Fsp3) is 0.462. The number of nitrogens with zero attached hydrogens (tertiary/aromatic N) is 4. The molecule has 0 atom stereocenters. The molecule has 0 aliphatic carbocycles. The van der Waals surface area contributed by atoms with Crippen molar-refractivity contribution in [2.75, 3.05) is 5.73 Å². The van der Waals surface area contributed by atoms with Gasteiger partial charge >= 0.3 is 0 Å². The van der Waals surface area contributed by atoms with E-state index < -0.39 is 0 Å². The summed E-state index contributed by atoms with van der Waals surface area (Å²) in [6, 6.07) is 3.78. The molecular formula is C13H18IN5. The van der Waals surface area contributed by atoms with Gasteiger partial charge in [-0.25, -0.2) is 0 Å². The van der Waals surface area contributed by atoms with Crippen LogP contribution in [0.25, 0.3) is 5.82 Å². The molecule has 5 nitrogen and oxygen atoms in total. The van der Waals surface area contributed by atoms with E-state index in [2.05, 4.69) is 58.7 Å². The number of anilines is 1. The highest BCUT2D eigenvalue weighted by atomic mass is 127. The summed E-state index contributed by atoms with van der Waals surface area (Å²) in [5, 5.41) is 12.7. The molecule has 0 saturated carbocycles. The van der Waals surface area contributed by atoms with Crippen molar-refractivity contribution in [1.82, 2.24) is 20.0 Å². The summed E-state index contributed by atoms with van der Waals surface area (Å²) in [5.74, 6) is 1.28. The number of aryl methyl sites for hydroxylation is 1. The molecule has 0 saturated heterocycles. The van der Waals surface area contributed by atoms with Gasteiger partial charge in [0.15, 0.2) is 5.82 Å². The van der Waals surface area contributed by atoms with E-state index in [9.17, 15) is 0 Å². The average molecular weight is 371 g/mol. The van der Waals surface area contributed by atoms with Crippen molar-refractivity contribution < 1.29 is 0 Å². The first kappa shape index (κ1) is 14.2. The zero-order valence-corrected chi connectivity index (χ0v) is 13.8. The molecule has 2 N–H and O–H groups in total. The minimum Gasteiger partial charge on any atom is -0.383 e. The van der Waals surface area contributed by atoms with Crippen LogP contribution >= 0.6 is 22.6 Å². The van der Waals surface area contributed by atoms with Crippen LogP contribution in [-0.2, 0) is 6.42 Å². The quantitative estimate of drug-likeness (QED) is 0.825. The van der Waals surface area contributed by atoms with E-state index >= 15 is 0 Å². The van der Waals surface area contributed by atoms with Crippen LogP contribution in [0.5, 0.6) is 0 Å². The second kappa shape index (κ2) is 5.07. The molecule has 0 unspecified atom stereocenters. The van der Waals surface area contributed by atoms with Gasteiger partial charge < -0.3 is 5.73 Å². The smallest absolute Gasteiger partial charge is 0.178 e. The number of halogens is 1. The molecule has 0 spiro atoms. The molecule has 0 aliphatic heterocycles. The van der Waals surface area contributed by atoms with Gasteiger partial charge in [0, 0.05) is 0 Å². The van der Waals surface area contributed by atoms with Crippen LogP contribution in [0, 0.1) is 15.9 Å². The van der Waals surface area contributed by atoms with Gasteiger partial charge in [0.2, 0.25) is 0 Å². The molecule has 2 aromatic rings. The van der Waals surface area contributed by atoms with Gasteiger partial charge in [-0.2, -0.15) is 14.9 Å². The maximum atomic E-state index is 6.12. The fourth-order valence-electron chi connectivity index (χ4n) is 1.75. The third-order valence-electron chi connectivity index (χ3n) is 2.63. The minimum absolute atomic E-state index is 0.171. The Labute approximate surface area is 126 Å². The molecular weight excluding hydrogens is 353 g/mol. The highest BCUT2D eigenvalue weighted by Gasteiger charge is 2.20. The Morgan fingerprint density at radius 1 is 1.26 bits per heavy atom. The maximum absolute atomic E-state index is 6.12. The van der Waals surface area contributed by atoms with Crippen molar-refractivity contribution in [3.05, 3.63) is 27.1 Å². The molecule has 19 heavy (non-hydrogen) atoms. The Hall–Kier alpha value is -1.18. The first-order valence-corrected chi connectivity index (χ1v) is 7.19. The zero-order valence-electron chi connectivity index (χ0n) is 11.6. The standard InChI is InChI=1S/C13H18IN5/c1-8-5-6-10(17-16-8)19-12(15)11(14)9(18-19)7-13(2,3)4/h5-6H,7,15H2,1-4H3. The van der Waals surface area contributed by atoms with Crippen LogP contribution in [0.3, 0.4) is 0 Å². The number of hydrogen-bond acceptors (Lipinski definition) is 4. The fourth-order valence-corrected chi connectivity index (χ4v) is 2.28. The van der Waals surface area contributed by atoms with Gasteiger partial charge in [-0.3, -0.25) is 0 Å². The van der Waals surface area contributed by atoms with E-state index in [-0.39, 0.29) is 5.41 Å². The number of rotatable bonds is 2. The summed E-state index contributed by atoms with van der Waals surface area (Å²) < 4.78 is 2.66. The molecule has 2 rings (SSSR count). The highest BCUT2D eigenvalue weighted by Crippen LogP contribution is 2.27.